The van der Waals surface area contributed by atoms with Crippen molar-refractivity contribution >= 4 is 6.09 Å². The van der Waals surface area contributed by atoms with E-state index < -0.39 is 35.1 Å². The maximum atomic E-state index is 13.2. The van der Waals surface area contributed by atoms with E-state index in [2.05, 4.69) is 5.10 Å². The van der Waals surface area contributed by atoms with Crippen molar-refractivity contribution in [3.8, 4) is 0 Å². The van der Waals surface area contributed by atoms with E-state index in [0.29, 0.717) is 25.1 Å². The number of nitrogens with zero attached hydrogens (tertiary/aromatic N) is 3. The van der Waals surface area contributed by atoms with E-state index in [1.165, 1.54) is 9.58 Å². The molecule has 1 amide bonds. The van der Waals surface area contributed by atoms with Gasteiger partial charge >= 0.3 is 12.3 Å². The second-order valence-corrected chi connectivity index (χ2v) is 8.43. The Morgan fingerprint density at radius 1 is 1.31 bits per heavy atom. The van der Waals surface area contributed by atoms with Gasteiger partial charge in [0.05, 0.1) is 18.3 Å². The lowest BCUT2D eigenvalue weighted by molar-refractivity contribution is -0.141. The van der Waals surface area contributed by atoms with Gasteiger partial charge in [0.1, 0.15) is 5.60 Å². The largest absolute Gasteiger partial charge is 0.444 e. The number of ether oxygens (including phenoxy) is 1. The lowest BCUT2D eigenvalue weighted by atomic mass is 10.1. The fourth-order valence-electron chi connectivity index (χ4n) is 2.96. The Labute approximate surface area is 151 Å². The maximum absolute atomic E-state index is 13.2. The smallest absolute Gasteiger partial charge is 0.435 e. The van der Waals surface area contributed by atoms with Gasteiger partial charge in [-0.1, -0.05) is 0 Å². The molecule has 2 rings (SSSR count). The second-order valence-electron chi connectivity index (χ2n) is 8.43. The van der Waals surface area contributed by atoms with Gasteiger partial charge in [-0.15, -0.1) is 0 Å². The molecule has 1 unspecified atom stereocenters. The number of amides is 1. The van der Waals surface area contributed by atoms with E-state index in [1.54, 1.807) is 34.6 Å². The standard InChI is InChI=1S/C17H27F3N4O2/c1-15(2,3)26-14(25)23-8-6-7-11(23)12-9-13(17(18,19)20)22-24(12)10-16(4,5)21/h9,11H,6-8,10,21H2,1-5H3. The van der Waals surface area contributed by atoms with Crippen LogP contribution in [0.5, 0.6) is 0 Å². The zero-order valence-corrected chi connectivity index (χ0v) is 15.9. The van der Waals surface area contributed by atoms with Gasteiger partial charge in [-0.2, -0.15) is 18.3 Å². The molecule has 1 aliphatic rings. The molecular weight excluding hydrogens is 349 g/mol. The summed E-state index contributed by atoms with van der Waals surface area (Å²) < 4.78 is 46.2. The van der Waals surface area contributed by atoms with Gasteiger partial charge in [-0.25, -0.2) is 4.79 Å². The van der Waals surface area contributed by atoms with Gasteiger partial charge in [0.25, 0.3) is 0 Å². The summed E-state index contributed by atoms with van der Waals surface area (Å²) in [5.41, 5.74) is 3.91. The highest BCUT2D eigenvalue weighted by atomic mass is 19.4. The number of alkyl halides is 3. The normalized spacial score (nSPS) is 19.1. The van der Waals surface area contributed by atoms with Gasteiger partial charge in [0.15, 0.2) is 5.69 Å². The molecule has 1 atom stereocenters. The van der Waals surface area contributed by atoms with Crippen molar-refractivity contribution in [2.24, 2.45) is 5.73 Å². The Bertz CT molecular complexity index is 656. The predicted molar refractivity (Wildman–Crippen MR) is 90.4 cm³/mol. The molecule has 0 aliphatic carbocycles. The summed E-state index contributed by atoms with van der Waals surface area (Å²) in [7, 11) is 0. The number of aromatic nitrogens is 2. The molecule has 26 heavy (non-hydrogen) atoms. The van der Waals surface area contributed by atoms with Gasteiger partial charge in [0, 0.05) is 12.1 Å². The van der Waals surface area contributed by atoms with Crippen molar-refractivity contribution in [2.75, 3.05) is 6.54 Å². The van der Waals surface area contributed by atoms with Crippen molar-refractivity contribution in [3.05, 3.63) is 17.5 Å². The molecule has 0 bridgehead atoms. The minimum Gasteiger partial charge on any atom is -0.444 e. The van der Waals surface area contributed by atoms with E-state index in [1.807, 2.05) is 0 Å². The lowest BCUT2D eigenvalue weighted by Crippen LogP contribution is -2.40. The molecule has 1 aromatic rings. The van der Waals surface area contributed by atoms with Gasteiger partial charge < -0.3 is 10.5 Å². The van der Waals surface area contributed by atoms with Crippen molar-refractivity contribution in [1.29, 1.82) is 0 Å². The third-order valence-electron chi connectivity index (χ3n) is 3.88. The minimum absolute atomic E-state index is 0.108. The summed E-state index contributed by atoms with van der Waals surface area (Å²) >= 11 is 0. The molecule has 0 radical (unpaired) electrons. The van der Waals surface area contributed by atoms with Crippen LogP contribution in [0.2, 0.25) is 0 Å². The number of hydrogen-bond donors (Lipinski definition) is 1. The van der Waals surface area contributed by atoms with Crippen LogP contribution in [0.3, 0.4) is 0 Å². The first-order valence-corrected chi connectivity index (χ1v) is 8.61. The second kappa shape index (κ2) is 6.75. The SMILES string of the molecule is CC(C)(N)Cn1nc(C(F)(F)F)cc1C1CCCN1C(=O)OC(C)(C)C. The van der Waals surface area contributed by atoms with Gasteiger partial charge in [-0.05, 0) is 53.5 Å². The summed E-state index contributed by atoms with van der Waals surface area (Å²) in [6.45, 7) is 9.21. The first kappa shape index (κ1) is 20.5. The molecular formula is C17H27F3N4O2. The topological polar surface area (TPSA) is 73.4 Å². The van der Waals surface area contributed by atoms with Crippen molar-refractivity contribution in [1.82, 2.24) is 14.7 Å². The van der Waals surface area contributed by atoms with E-state index in [4.69, 9.17) is 10.5 Å². The monoisotopic (exact) mass is 376 g/mol. The number of carbonyl (C=O) groups is 1. The van der Waals surface area contributed by atoms with Crippen molar-refractivity contribution in [3.63, 3.8) is 0 Å². The average Bonchev–Trinajstić information content (AvgIpc) is 2.99. The quantitative estimate of drug-likeness (QED) is 0.873. The van der Waals surface area contributed by atoms with Crippen LogP contribution in [0.1, 0.15) is 64.9 Å². The molecule has 6 nitrogen and oxygen atoms in total. The van der Waals surface area contributed by atoms with Crippen LogP contribution in [-0.4, -0.2) is 38.5 Å². The Hall–Kier alpha value is -1.77. The predicted octanol–water partition coefficient (Wildman–Crippen LogP) is 3.71. The highest BCUT2D eigenvalue weighted by molar-refractivity contribution is 5.69. The maximum Gasteiger partial charge on any atom is 0.435 e. The van der Waals surface area contributed by atoms with Crippen LogP contribution in [0.25, 0.3) is 0 Å². The molecule has 1 fully saturated rings. The fourth-order valence-corrected chi connectivity index (χ4v) is 2.96. The third-order valence-corrected chi connectivity index (χ3v) is 3.88. The first-order valence-electron chi connectivity index (χ1n) is 8.61. The number of likely N-dealkylation sites (tertiary alicyclic amines) is 1. The zero-order chi connectivity index (χ0) is 19.9. The Balaban J connectivity index is 2.38. The van der Waals surface area contributed by atoms with Crippen molar-refractivity contribution < 1.29 is 22.7 Å². The summed E-state index contributed by atoms with van der Waals surface area (Å²) in [4.78, 5) is 13.9. The van der Waals surface area contributed by atoms with Crippen LogP contribution < -0.4 is 5.73 Å². The molecule has 0 saturated carbocycles. The highest BCUT2D eigenvalue weighted by Gasteiger charge is 2.40. The lowest BCUT2D eigenvalue weighted by Gasteiger charge is -2.29. The first-order chi connectivity index (χ1) is 11.7. The molecule has 1 aromatic heterocycles. The Morgan fingerprint density at radius 3 is 2.42 bits per heavy atom. The average molecular weight is 376 g/mol. The number of halogens is 3. The summed E-state index contributed by atoms with van der Waals surface area (Å²) in [5.74, 6) is 0. The van der Waals surface area contributed by atoms with Crippen LogP contribution >= 0.6 is 0 Å². The van der Waals surface area contributed by atoms with Crippen LogP contribution in [0.15, 0.2) is 6.07 Å². The minimum atomic E-state index is -4.56. The van der Waals surface area contributed by atoms with Gasteiger partial charge in [-0.3, -0.25) is 9.58 Å². The number of nitrogens with two attached hydrogens (primary N) is 1. The number of hydrogen-bond acceptors (Lipinski definition) is 4. The van der Waals surface area contributed by atoms with E-state index in [0.717, 1.165) is 6.07 Å². The molecule has 1 aliphatic heterocycles. The van der Waals surface area contributed by atoms with Crippen molar-refractivity contribution in [2.45, 2.75) is 77.4 Å². The van der Waals surface area contributed by atoms with E-state index >= 15 is 0 Å². The zero-order valence-electron chi connectivity index (χ0n) is 15.9. The Kier molecular flexibility index (Phi) is 5.34. The van der Waals surface area contributed by atoms with E-state index in [9.17, 15) is 18.0 Å². The molecule has 0 aromatic carbocycles. The molecule has 1 saturated heterocycles. The molecule has 2 N–H and O–H groups in total. The van der Waals surface area contributed by atoms with Crippen LogP contribution in [0, 0.1) is 0 Å². The van der Waals surface area contributed by atoms with Crippen LogP contribution in [0.4, 0.5) is 18.0 Å². The van der Waals surface area contributed by atoms with Crippen LogP contribution in [-0.2, 0) is 17.5 Å². The summed E-state index contributed by atoms with van der Waals surface area (Å²) in [6, 6.07) is 0.495. The molecule has 0 spiro atoms. The molecule has 148 valence electrons. The third kappa shape index (κ3) is 5.12. The number of rotatable bonds is 3. The summed E-state index contributed by atoms with van der Waals surface area (Å²) in [6.07, 6.45) is -3.86. The highest BCUT2D eigenvalue weighted by Crippen LogP contribution is 2.37. The number of carbonyl (C=O) groups excluding carboxylic acids is 1. The van der Waals surface area contributed by atoms with E-state index in [-0.39, 0.29) is 6.54 Å². The van der Waals surface area contributed by atoms with Gasteiger partial charge in [0.2, 0.25) is 0 Å². The molecule has 9 heteroatoms. The fraction of sp³-hybridized carbons (Fsp3) is 0.765. The Morgan fingerprint density at radius 2 is 1.92 bits per heavy atom. The molecule has 2 heterocycles. The summed E-state index contributed by atoms with van der Waals surface area (Å²) in [5, 5.41) is 3.71.